The summed E-state index contributed by atoms with van der Waals surface area (Å²) in [5.41, 5.74) is 1.87. The molecule has 0 spiro atoms. The van der Waals surface area contributed by atoms with Gasteiger partial charge in [-0.3, -0.25) is 0 Å². The highest BCUT2D eigenvalue weighted by Gasteiger charge is 2.31. The van der Waals surface area contributed by atoms with Crippen molar-refractivity contribution in [1.29, 1.82) is 0 Å². The van der Waals surface area contributed by atoms with E-state index < -0.39 is 5.60 Å². The van der Waals surface area contributed by atoms with Gasteiger partial charge in [0.05, 0.1) is 0 Å². The maximum atomic E-state index is 12.2. The summed E-state index contributed by atoms with van der Waals surface area (Å²) in [6.45, 7) is 6.95. The summed E-state index contributed by atoms with van der Waals surface area (Å²) in [4.78, 5) is 23.0. The predicted molar refractivity (Wildman–Crippen MR) is 96.4 cm³/mol. The largest absolute Gasteiger partial charge is 0.444 e. The van der Waals surface area contributed by atoms with Gasteiger partial charge in [-0.1, -0.05) is 30.3 Å². The maximum absolute atomic E-state index is 12.2. The Kier molecular flexibility index (Phi) is 5.02. The minimum atomic E-state index is -0.468. The highest BCUT2D eigenvalue weighted by Crippen LogP contribution is 2.26. The van der Waals surface area contributed by atoms with Crippen LogP contribution in [0.15, 0.2) is 42.7 Å². The van der Waals surface area contributed by atoms with Crippen LogP contribution in [0.1, 0.15) is 50.1 Å². The Bertz CT molecular complexity index is 708. The molecule has 0 saturated carbocycles. The van der Waals surface area contributed by atoms with Crippen LogP contribution < -0.4 is 0 Å². The third kappa shape index (κ3) is 4.78. The van der Waals surface area contributed by atoms with E-state index >= 15 is 0 Å². The Labute approximate surface area is 149 Å². The van der Waals surface area contributed by atoms with Crippen LogP contribution in [-0.4, -0.2) is 39.7 Å². The lowest BCUT2D eigenvalue weighted by Gasteiger charge is -2.24. The van der Waals surface area contributed by atoms with Crippen LogP contribution in [0.5, 0.6) is 0 Å². The fourth-order valence-electron chi connectivity index (χ4n) is 2.96. The van der Waals surface area contributed by atoms with Gasteiger partial charge in [0.25, 0.3) is 0 Å². The average Bonchev–Trinajstić information content (AvgIpc) is 3.05. The number of nitrogens with zero attached hydrogens (tertiary/aromatic N) is 3. The monoisotopic (exact) mass is 339 g/mol. The lowest BCUT2D eigenvalue weighted by atomic mass is 10.1. The summed E-state index contributed by atoms with van der Waals surface area (Å²) in [5, 5.41) is 0. The molecule has 1 aromatic heterocycles. The van der Waals surface area contributed by atoms with Crippen molar-refractivity contribution in [3.8, 4) is 0 Å². The fourth-order valence-corrected chi connectivity index (χ4v) is 2.96. The number of carbonyl (C=O) groups is 1. The Balaban J connectivity index is 1.59. The molecular formula is C20H25N3O2. The highest BCUT2D eigenvalue weighted by atomic mass is 16.6. The van der Waals surface area contributed by atoms with Crippen LogP contribution in [-0.2, 0) is 11.2 Å². The number of rotatable bonds is 3. The second-order valence-electron chi connectivity index (χ2n) is 7.52. The quantitative estimate of drug-likeness (QED) is 0.854. The van der Waals surface area contributed by atoms with Crippen LogP contribution in [0.3, 0.4) is 0 Å². The summed E-state index contributed by atoms with van der Waals surface area (Å²) in [6, 6.07) is 10.3. The van der Waals surface area contributed by atoms with E-state index in [2.05, 4.69) is 22.1 Å². The SMILES string of the molecule is CC(C)(C)OC(=O)N1CC[C@H](c2ncc(Cc3ccccc3)cn2)C1. The second-order valence-corrected chi connectivity index (χ2v) is 7.52. The second kappa shape index (κ2) is 7.21. The van der Waals surface area contributed by atoms with E-state index in [0.717, 1.165) is 24.2 Å². The molecule has 5 nitrogen and oxygen atoms in total. The van der Waals surface area contributed by atoms with Crippen LogP contribution in [0.25, 0.3) is 0 Å². The van der Waals surface area contributed by atoms with Crippen molar-refractivity contribution in [3.63, 3.8) is 0 Å². The molecule has 1 amide bonds. The molecule has 2 heterocycles. The van der Waals surface area contributed by atoms with Gasteiger partial charge in [0.2, 0.25) is 0 Å². The van der Waals surface area contributed by atoms with Gasteiger partial charge >= 0.3 is 6.09 Å². The van der Waals surface area contributed by atoms with Gasteiger partial charge in [-0.2, -0.15) is 0 Å². The standard InChI is InChI=1S/C20H25N3O2/c1-20(2,3)25-19(24)23-10-9-17(14-23)18-21-12-16(13-22-18)11-15-7-5-4-6-8-15/h4-8,12-13,17H,9-11,14H2,1-3H3/t17-/m0/s1. The zero-order valence-corrected chi connectivity index (χ0v) is 15.1. The van der Waals surface area contributed by atoms with Crippen LogP contribution >= 0.6 is 0 Å². The summed E-state index contributed by atoms with van der Waals surface area (Å²) < 4.78 is 5.44. The molecule has 0 unspecified atom stereocenters. The molecule has 1 aliphatic rings. The van der Waals surface area contributed by atoms with E-state index in [1.807, 2.05) is 51.4 Å². The zero-order chi connectivity index (χ0) is 17.9. The van der Waals surface area contributed by atoms with Crippen molar-refractivity contribution in [2.45, 2.75) is 45.1 Å². The number of ether oxygens (including phenoxy) is 1. The Morgan fingerprint density at radius 1 is 1.16 bits per heavy atom. The van der Waals surface area contributed by atoms with Crippen molar-refractivity contribution in [1.82, 2.24) is 14.9 Å². The van der Waals surface area contributed by atoms with Gasteiger partial charge in [0.1, 0.15) is 11.4 Å². The van der Waals surface area contributed by atoms with Gasteiger partial charge in [-0.05, 0) is 38.3 Å². The molecule has 132 valence electrons. The van der Waals surface area contributed by atoms with Gasteiger partial charge in [-0.25, -0.2) is 14.8 Å². The van der Waals surface area contributed by atoms with E-state index in [0.29, 0.717) is 13.1 Å². The summed E-state index contributed by atoms with van der Waals surface area (Å²) in [7, 11) is 0. The molecule has 1 fully saturated rings. The molecule has 2 aromatic rings. The van der Waals surface area contributed by atoms with Crippen molar-refractivity contribution < 1.29 is 9.53 Å². The molecule has 0 aliphatic carbocycles. The number of likely N-dealkylation sites (tertiary alicyclic amines) is 1. The third-order valence-corrected chi connectivity index (χ3v) is 4.18. The van der Waals surface area contributed by atoms with E-state index in [1.165, 1.54) is 5.56 Å². The maximum Gasteiger partial charge on any atom is 0.410 e. The average molecular weight is 339 g/mol. The first-order valence-corrected chi connectivity index (χ1v) is 8.73. The van der Waals surface area contributed by atoms with E-state index in [4.69, 9.17) is 4.74 Å². The van der Waals surface area contributed by atoms with Crippen molar-refractivity contribution in [3.05, 3.63) is 59.7 Å². The number of aromatic nitrogens is 2. The lowest BCUT2D eigenvalue weighted by molar-refractivity contribution is 0.0292. The Morgan fingerprint density at radius 2 is 1.84 bits per heavy atom. The van der Waals surface area contributed by atoms with Crippen molar-refractivity contribution >= 4 is 6.09 Å². The number of hydrogen-bond donors (Lipinski definition) is 0. The predicted octanol–water partition coefficient (Wildman–Crippen LogP) is 3.79. The minimum absolute atomic E-state index is 0.179. The first-order chi connectivity index (χ1) is 11.9. The molecule has 5 heteroatoms. The molecule has 0 radical (unpaired) electrons. The van der Waals surface area contributed by atoms with Crippen molar-refractivity contribution in [2.24, 2.45) is 0 Å². The van der Waals surface area contributed by atoms with Crippen LogP contribution in [0.4, 0.5) is 4.79 Å². The summed E-state index contributed by atoms with van der Waals surface area (Å²) in [6.07, 6.45) is 5.24. The summed E-state index contributed by atoms with van der Waals surface area (Å²) >= 11 is 0. The lowest BCUT2D eigenvalue weighted by Crippen LogP contribution is -2.35. The fraction of sp³-hybridized carbons (Fsp3) is 0.450. The molecule has 1 aromatic carbocycles. The first kappa shape index (κ1) is 17.4. The Hall–Kier alpha value is -2.43. The van der Waals surface area contributed by atoms with Crippen LogP contribution in [0.2, 0.25) is 0 Å². The smallest absolute Gasteiger partial charge is 0.410 e. The third-order valence-electron chi connectivity index (χ3n) is 4.18. The molecule has 0 bridgehead atoms. The minimum Gasteiger partial charge on any atom is -0.444 e. The Morgan fingerprint density at radius 3 is 2.48 bits per heavy atom. The van der Waals surface area contributed by atoms with Gasteiger partial charge < -0.3 is 9.64 Å². The topological polar surface area (TPSA) is 55.3 Å². The summed E-state index contributed by atoms with van der Waals surface area (Å²) in [5.74, 6) is 0.987. The zero-order valence-electron chi connectivity index (χ0n) is 15.1. The number of carbonyl (C=O) groups excluding carboxylic acids is 1. The molecule has 0 N–H and O–H groups in total. The molecular weight excluding hydrogens is 314 g/mol. The number of benzene rings is 1. The first-order valence-electron chi connectivity index (χ1n) is 8.73. The molecule has 25 heavy (non-hydrogen) atoms. The molecule has 1 aliphatic heterocycles. The van der Waals surface area contributed by atoms with Crippen molar-refractivity contribution in [2.75, 3.05) is 13.1 Å². The van der Waals surface area contributed by atoms with Gasteiger partial charge in [0.15, 0.2) is 0 Å². The van der Waals surface area contributed by atoms with Crippen LogP contribution in [0, 0.1) is 0 Å². The highest BCUT2D eigenvalue weighted by molar-refractivity contribution is 5.68. The van der Waals surface area contributed by atoms with Gasteiger partial charge in [-0.15, -0.1) is 0 Å². The van der Waals surface area contributed by atoms with E-state index in [1.54, 1.807) is 4.90 Å². The molecule has 1 saturated heterocycles. The van der Waals surface area contributed by atoms with E-state index in [-0.39, 0.29) is 12.0 Å². The molecule has 3 rings (SSSR count). The normalized spacial score (nSPS) is 17.6. The number of amides is 1. The van der Waals surface area contributed by atoms with E-state index in [9.17, 15) is 4.79 Å². The molecule has 1 atom stereocenters. The van der Waals surface area contributed by atoms with Gasteiger partial charge in [0, 0.05) is 37.8 Å². The number of hydrogen-bond acceptors (Lipinski definition) is 4.